The lowest BCUT2D eigenvalue weighted by Gasteiger charge is -2.25. The molecule has 1 N–H and O–H groups in total. The van der Waals surface area contributed by atoms with Crippen LogP contribution < -0.4 is 0 Å². The zero-order valence-electron chi connectivity index (χ0n) is 9.30. The zero-order valence-corrected chi connectivity index (χ0v) is 9.30. The summed E-state index contributed by atoms with van der Waals surface area (Å²) in [5, 5.41) is 18.2. The molecule has 1 saturated heterocycles. The number of aryl methyl sites for hydroxylation is 1. The molecule has 1 aromatic rings. The zero-order chi connectivity index (χ0) is 11.0. The second-order valence-corrected chi connectivity index (χ2v) is 4.66. The topological polar surface area (TPSA) is 60.2 Å². The minimum atomic E-state index is -0.234. The summed E-state index contributed by atoms with van der Waals surface area (Å²) in [7, 11) is 0. The summed E-state index contributed by atoms with van der Waals surface area (Å²) in [6.45, 7) is 2.29. The molecule has 0 bridgehead atoms. The Bertz CT molecular complexity index is 371. The van der Waals surface area contributed by atoms with Gasteiger partial charge in [-0.05, 0) is 19.3 Å². The van der Waals surface area contributed by atoms with E-state index < -0.39 is 0 Å². The molecule has 1 aromatic heterocycles. The van der Waals surface area contributed by atoms with E-state index >= 15 is 0 Å². The van der Waals surface area contributed by atoms with Crippen LogP contribution in [0, 0.1) is 0 Å². The van der Waals surface area contributed by atoms with Gasteiger partial charge in [0.1, 0.15) is 11.6 Å². The van der Waals surface area contributed by atoms with Crippen molar-refractivity contribution in [2.24, 2.45) is 0 Å². The lowest BCUT2D eigenvalue weighted by Crippen LogP contribution is -2.27. The molecule has 2 aliphatic rings. The molecule has 1 atom stereocenters. The van der Waals surface area contributed by atoms with Gasteiger partial charge in [-0.1, -0.05) is 0 Å². The molecule has 16 heavy (non-hydrogen) atoms. The molecule has 3 heterocycles. The molecule has 1 fully saturated rings. The van der Waals surface area contributed by atoms with Crippen LogP contribution in [-0.4, -0.2) is 39.2 Å². The Morgan fingerprint density at radius 3 is 2.81 bits per heavy atom. The molecule has 0 aromatic carbocycles. The Kier molecular flexibility index (Phi) is 2.65. The fraction of sp³-hybridized carbons (Fsp3) is 0.818. The first-order valence-corrected chi connectivity index (χ1v) is 6.02. The number of aliphatic hydroxyl groups excluding tert-OH is 1. The number of rotatable bonds is 1. The van der Waals surface area contributed by atoms with Crippen molar-refractivity contribution in [2.75, 3.05) is 13.2 Å². The molecule has 5 nitrogen and oxygen atoms in total. The predicted molar refractivity (Wildman–Crippen MR) is 57.1 cm³/mol. The van der Waals surface area contributed by atoms with Crippen LogP contribution in [0.25, 0.3) is 0 Å². The van der Waals surface area contributed by atoms with Crippen LogP contribution in [0.1, 0.15) is 36.8 Å². The third-order valence-corrected chi connectivity index (χ3v) is 3.54. The van der Waals surface area contributed by atoms with E-state index in [0.717, 1.165) is 50.5 Å². The lowest BCUT2D eigenvalue weighted by molar-refractivity contribution is 0.0805. The van der Waals surface area contributed by atoms with E-state index in [0.29, 0.717) is 12.5 Å². The number of hydrogen-bond acceptors (Lipinski definition) is 4. The monoisotopic (exact) mass is 223 g/mol. The highest BCUT2D eigenvalue weighted by molar-refractivity contribution is 5.06. The number of aliphatic hydroxyl groups is 1. The first-order valence-electron chi connectivity index (χ1n) is 6.02. The average molecular weight is 223 g/mol. The summed E-state index contributed by atoms with van der Waals surface area (Å²) >= 11 is 0. The van der Waals surface area contributed by atoms with Crippen molar-refractivity contribution in [2.45, 2.75) is 44.2 Å². The fourth-order valence-corrected chi connectivity index (χ4v) is 2.59. The van der Waals surface area contributed by atoms with Crippen LogP contribution in [0.4, 0.5) is 0 Å². The predicted octanol–water partition coefficient (Wildman–Crippen LogP) is 0.479. The average Bonchev–Trinajstić information content (AvgIpc) is 2.73. The highest BCUT2D eigenvalue weighted by atomic mass is 16.5. The molecule has 2 aliphatic heterocycles. The number of nitrogens with zero attached hydrogens (tertiary/aromatic N) is 3. The summed E-state index contributed by atoms with van der Waals surface area (Å²) in [5.74, 6) is 2.55. The molecule has 0 amide bonds. The summed E-state index contributed by atoms with van der Waals surface area (Å²) in [5.41, 5.74) is 0. The second kappa shape index (κ2) is 4.14. The number of aromatic nitrogens is 3. The minimum absolute atomic E-state index is 0.234. The maximum atomic E-state index is 9.70. The quantitative estimate of drug-likeness (QED) is 0.752. The smallest absolute Gasteiger partial charge is 0.136 e. The van der Waals surface area contributed by atoms with Crippen molar-refractivity contribution < 1.29 is 9.84 Å². The molecular weight excluding hydrogens is 206 g/mol. The van der Waals surface area contributed by atoms with Crippen LogP contribution in [-0.2, 0) is 17.7 Å². The Labute approximate surface area is 94.4 Å². The van der Waals surface area contributed by atoms with E-state index in [1.54, 1.807) is 0 Å². The molecule has 3 rings (SSSR count). The number of ether oxygens (including phenoxy) is 1. The SMILES string of the molecule is OC1CCc2nnc(C3CCOCC3)n2C1. The van der Waals surface area contributed by atoms with E-state index in [-0.39, 0.29) is 6.10 Å². The Balaban J connectivity index is 1.86. The Morgan fingerprint density at radius 1 is 1.19 bits per heavy atom. The van der Waals surface area contributed by atoms with Gasteiger partial charge in [-0.25, -0.2) is 0 Å². The van der Waals surface area contributed by atoms with Crippen molar-refractivity contribution in [1.29, 1.82) is 0 Å². The van der Waals surface area contributed by atoms with Gasteiger partial charge in [-0.15, -0.1) is 10.2 Å². The highest BCUT2D eigenvalue weighted by Crippen LogP contribution is 2.27. The summed E-state index contributed by atoms with van der Waals surface area (Å²) in [6, 6.07) is 0. The first kappa shape index (κ1) is 10.2. The van der Waals surface area contributed by atoms with Crippen molar-refractivity contribution in [3.05, 3.63) is 11.6 Å². The summed E-state index contributed by atoms with van der Waals surface area (Å²) in [6.07, 6.45) is 3.47. The van der Waals surface area contributed by atoms with Gasteiger partial charge in [0.15, 0.2) is 0 Å². The fourth-order valence-electron chi connectivity index (χ4n) is 2.59. The van der Waals surface area contributed by atoms with Gasteiger partial charge in [0.2, 0.25) is 0 Å². The van der Waals surface area contributed by atoms with Crippen LogP contribution >= 0.6 is 0 Å². The maximum Gasteiger partial charge on any atom is 0.136 e. The van der Waals surface area contributed by atoms with Crippen LogP contribution in [0.15, 0.2) is 0 Å². The van der Waals surface area contributed by atoms with Crippen molar-refractivity contribution in [1.82, 2.24) is 14.8 Å². The van der Waals surface area contributed by atoms with E-state index in [1.165, 1.54) is 0 Å². The van der Waals surface area contributed by atoms with Gasteiger partial charge in [0.05, 0.1) is 12.6 Å². The van der Waals surface area contributed by atoms with Crippen molar-refractivity contribution in [3.63, 3.8) is 0 Å². The third-order valence-electron chi connectivity index (χ3n) is 3.54. The molecule has 1 unspecified atom stereocenters. The van der Waals surface area contributed by atoms with E-state index in [1.807, 2.05) is 0 Å². The van der Waals surface area contributed by atoms with Gasteiger partial charge < -0.3 is 14.4 Å². The Hall–Kier alpha value is -0.940. The van der Waals surface area contributed by atoms with Gasteiger partial charge >= 0.3 is 0 Å². The molecule has 0 saturated carbocycles. The van der Waals surface area contributed by atoms with Crippen molar-refractivity contribution in [3.8, 4) is 0 Å². The highest BCUT2D eigenvalue weighted by Gasteiger charge is 2.26. The van der Waals surface area contributed by atoms with Crippen LogP contribution in [0.3, 0.4) is 0 Å². The molecule has 0 spiro atoms. The van der Waals surface area contributed by atoms with Gasteiger partial charge in [-0.2, -0.15) is 0 Å². The standard InChI is InChI=1S/C11H17N3O2/c15-9-1-2-10-12-13-11(14(10)7-9)8-3-5-16-6-4-8/h8-9,15H,1-7H2. The number of fused-ring (bicyclic) bond motifs is 1. The lowest BCUT2D eigenvalue weighted by atomic mass is 9.98. The molecule has 5 heteroatoms. The molecule has 88 valence electrons. The van der Waals surface area contributed by atoms with E-state index in [2.05, 4.69) is 14.8 Å². The third kappa shape index (κ3) is 1.74. The Morgan fingerprint density at radius 2 is 2.00 bits per heavy atom. The van der Waals surface area contributed by atoms with Gasteiger partial charge in [0.25, 0.3) is 0 Å². The maximum absolute atomic E-state index is 9.70. The largest absolute Gasteiger partial charge is 0.391 e. The van der Waals surface area contributed by atoms with Gasteiger partial charge in [-0.3, -0.25) is 0 Å². The normalized spacial score (nSPS) is 26.7. The first-order chi connectivity index (χ1) is 7.84. The van der Waals surface area contributed by atoms with E-state index in [9.17, 15) is 5.11 Å². The molecular formula is C11H17N3O2. The summed E-state index contributed by atoms with van der Waals surface area (Å²) < 4.78 is 7.47. The molecule has 0 radical (unpaired) electrons. The van der Waals surface area contributed by atoms with E-state index in [4.69, 9.17) is 4.74 Å². The summed E-state index contributed by atoms with van der Waals surface area (Å²) in [4.78, 5) is 0. The van der Waals surface area contributed by atoms with Crippen LogP contribution in [0.5, 0.6) is 0 Å². The molecule has 0 aliphatic carbocycles. The van der Waals surface area contributed by atoms with Crippen LogP contribution in [0.2, 0.25) is 0 Å². The second-order valence-electron chi connectivity index (χ2n) is 4.66. The van der Waals surface area contributed by atoms with Crippen molar-refractivity contribution >= 4 is 0 Å². The minimum Gasteiger partial charge on any atom is -0.391 e. The van der Waals surface area contributed by atoms with Gasteiger partial charge in [0, 0.05) is 25.6 Å². The number of hydrogen-bond donors (Lipinski definition) is 1.